The van der Waals surface area contributed by atoms with Crippen LogP contribution in [0.15, 0.2) is 48.5 Å². The minimum atomic E-state index is -0.541. The second-order valence-corrected chi connectivity index (χ2v) is 10.1. The molecule has 36 heavy (non-hydrogen) atoms. The fraction of sp³-hybridized carbons (Fsp3) is 0.533. The van der Waals surface area contributed by atoms with Crippen molar-refractivity contribution in [3.63, 3.8) is 0 Å². The average molecular weight is 497 g/mol. The molecule has 198 valence electrons. The summed E-state index contributed by atoms with van der Waals surface area (Å²) < 4.78 is 1.75. The minimum absolute atomic E-state index is 0.483. The normalized spacial score (nSPS) is 11.8. The van der Waals surface area contributed by atoms with Crippen LogP contribution in [0, 0.1) is 13.8 Å². The van der Waals surface area contributed by atoms with Crippen molar-refractivity contribution in [1.82, 2.24) is 10.6 Å². The summed E-state index contributed by atoms with van der Waals surface area (Å²) in [4.78, 5) is 25.0. The molecule has 0 fully saturated rings. The lowest BCUT2D eigenvalue weighted by Gasteiger charge is -2.37. The van der Waals surface area contributed by atoms with Gasteiger partial charge in [-0.05, 0) is 52.7 Å². The van der Waals surface area contributed by atoms with Gasteiger partial charge >= 0.3 is 11.8 Å². The zero-order valence-electron chi connectivity index (χ0n) is 23.4. The van der Waals surface area contributed by atoms with Crippen molar-refractivity contribution in [2.45, 2.75) is 54.6 Å². The van der Waals surface area contributed by atoms with E-state index in [0.717, 1.165) is 61.3 Å². The number of carbonyl (C=O) groups excluding carboxylic acids is 2. The minimum Gasteiger partial charge on any atom is -0.342 e. The van der Waals surface area contributed by atoms with Crippen molar-refractivity contribution in [3.05, 3.63) is 70.8 Å². The molecule has 2 rings (SSSR count). The van der Waals surface area contributed by atoms with Gasteiger partial charge in [-0.2, -0.15) is 0 Å². The molecule has 0 heterocycles. The molecule has 0 aliphatic rings. The number of benzene rings is 2. The summed E-state index contributed by atoms with van der Waals surface area (Å²) >= 11 is 0. The molecule has 2 aromatic rings. The van der Waals surface area contributed by atoms with E-state index in [2.05, 4.69) is 101 Å². The number of hydrogen-bond donors (Lipinski definition) is 2. The van der Waals surface area contributed by atoms with Crippen LogP contribution in [0.3, 0.4) is 0 Å². The molecule has 0 radical (unpaired) electrons. The van der Waals surface area contributed by atoms with E-state index in [1.807, 2.05) is 0 Å². The third kappa shape index (κ3) is 8.17. The number of nitrogens with one attached hydrogen (secondary N) is 2. The van der Waals surface area contributed by atoms with Crippen molar-refractivity contribution in [1.29, 1.82) is 0 Å². The Bertz CT molecular complexity index is 901. The van der Waals surface area contributed by atoms with Crippen LogP contribution in [-0.4, -0.2) is 73.1 Å². The van der Waals surface area contributed by atoms with Gasteiger partial charge in [0.05, 0.1) is 52.4 Å². The molecule has 0 aliphatic carbocycles. The molecular weight excluding hydrogens is 448 g/mol. The van der Waals surface area contributed by atoms with E-state index in [-0.39, 0.29) is 0 Å². The van der Waals surface area contributed by atoms with Gasteiger partial charge in [-0.15, -0.1) is 0 Å². The Hall–Kier alpha value is -2.70. The molecule has 0 unspecified atom stereocenters. The van der Waals surface area contributed by atoms with Crippen LogP contribution in [0.25, 0.3) is 0 Å². The van der Waals surface area contributed by atoms with Crippen LogP contribution in [0.1, 0.15) is 49.9 Å². The van der Waals surface area contributed by atoms with E-state index in [0.29, 0.717) is 13.1 Å². The van der Waals surface area contributed by atoms with Crippen LogP contribution >= 0.6 is 0 Å². The van der Waals surface area contributed by atoms with Gasteiger partial charge in [-0.1, -0.05) is 48.5 Å². The second-order valence-electron chi connectivity index (χ2n) is 10.1. The maximum Gasteiger partial charge on any atom is 0.309 e. The smallest absolute Gasteiger partial charge is 0.309 e. The Morgan fingerprint density at radius 1 is 0.611 bits per heavy atom. The van der Waals surface area contributed by atoms with Crippen LogP contribution < -0.4 is 10.6 Å². The molecule has 2 aromatic carbocycles. The van der Waals surface area contributed by atoms with Gasteiger partial charge in [0.25, 0.3) is 0 Å². The van der Waals surface area contributed by atoms with Crippen molar-refractivity contribution < 1.29 is 18.6 Å². The van der Waals surface area contributed by atoms with Gasteiger partial charge in [0.15, 0.2) is 0 Å². The highest BCUT2D eigenvalue weighted by molar-refractivity contribution is 6.35. The molecular formula is C30H48N4O2+2. The number of quaternary nitrogens is 2. The van der Waals surface area contributed by atoms with Gasteiger partial charge in [0.2, 0.25) is 0 Å². The summed E-state index contributed by atoms with van der Waals surface area (Å²) in [5.74, 6) is -1.08. The van der Waals surface area contributed by atoms with Crippen molar-refractivity contribution in [2.75, 3.05) is 52.4 Å². The quantitative estimate of drug-likeness (QED) is 0.307. The summed E-state index contributed by atoms with van der Waals surface area (Å²) in [6, 6.07) is 17.0. The van der Waals surface area contributed by atoms with Crippen molar-refractivity contribution >= 4 is 11.8 Å². The molecule has 0 saturated heterocycles. The second kappa shape index (κ2) is 14.1. The van der Waals surface area contributed by atoms with E-state index in [1.54, 1.807) is 0 Å². The van der Waals surface area contributed by atoms with E-state index >= 15 is 0 Å². The summed E-state index contributed by atoms with van der Waals surface area (Å²) in [5, 5.41) is 5.72. The number of aryl methyl sites for hydroxylation is 2. The molecule has 2 amide bonds. The maximum atomic E-state index is 12.5. The first-order chi connectivity index (χ1) is 17.2. The predicted molar refractivity (Wildman–Crippen MR) is 148 cm³/mol. The van der Waals surface area contributed by atoms with E-state index in [9.17, 15) is 9.59 Å². The lowest BCUT2D eigenvalue weighted by atomic mass is 10.1. The zero-order valence-corrected chi connectivity index (χ0v) is 23.4. The first-order valence-electron chi connectivity index (χ1n) is 13.6. The lowest BCUT2D eigenvalue weighted by molar-refractivity contribution is -0.936. The van der Waals surface area contributed by atoms with Gasteiger partial charge in [0.1, 0.15) is 13.1 Å². The van der Waals surface area contributed by atoms with E-state index in [1.165, 1.54) is 22.3 Å². The summed E-state index contributed by atoms with van der Waals surface area (Å²) in [6.45, 7) is 21.4. The Kier molecular flexibility index (Phi) is 11.6. The number of carbonyl (C=O) groups is 2. The average Bonchev–Trinajstić information content (AvgIpc) is 2.89. The number of hydrogen-bond acceptors (Lipinski definition) is 2. The summed E-state index contributed by atoms with van der Waals surface area (Å²) in [5.41, 5.74) is 5.26. The van der Waals surface area contributed by atoms with Crippen LogP contribution in [0.4, 0.5) is 0 Å². The number of likely N-dealkylation sites (N-methyl/N-ethyl adjacent to an activating group) is 2. The highest BCUT2D eigenvalue weighted by atomic mass is 16.2. The Morgan fingerprint density at radius 3 is 1.25 bits per heavy atom. The van der Waals surface area contributed by atoms with Crippen molar-refractivity contribution in [3.8, 4) is 0 Å². The van der Waals surface area contributed by atoms with E-state index < -0.39 is 11.8 Å². The zero-order chi connectivity index (χ0) is 26.6. The Labute approximate surface area is 218 Å². The number of nitrogens with zero attached hydrogens (tertiary/aromatic N) is 2. The Morgan fingerprint density at radius 2 is 0.944 bits per heavy atom. The van der Waals surface area contributed by atoms with Crippen molar-refractivity contribution in [2.24, 2.45) is 0 Å². The highest BCUT2D eigenvalue weighted by Gasteiger charge is 2.27. The molecule has 0 saturated carbocycles. The maximum absolute atomic E-state index is 12.5. The topological polar surface area (TPSA) is 58.2 Å². The fourth-order valence-corrected chi connectivity index (χ4v) is 4.96. The third-order valence-electron chi connectivity index (χ3n) is 8.17. The summed E-state index contributed by atoms with van der Waals surface area (Å²) in [7, 11) is 0. The monoisotopic (exact) mass is 496 g/mol. The molecule has 0 spiro atoms. The predicted octanol–water partition coefficient (Wildman–Crippen LogP) is 3.95. The molecule has 0 aromatic heterocycles. The highest BCUT2D eigenvalue weighted by Crippen LogP contribution is 2.18. The van der Waals surface area contributed by atoms with Crippen LogP contribution in [-0.2, 0) is 22.7 Å². The van der Waals surface area contributed by atoms with E-state index in [4.69, 9.17) is 0 Å². The van der Waals surface area contributed by atoms with Gasteiger partial charge in [0, 0.05) is 11.1 Å². The first-order valence-corrected chi connectivity index (χ1v) is 13.6. The largest absolute Gasteiger partial charge is 0.342 e. The molecule has 0 bridgehead atoms. The standard InChI is InChI=1S/C30H46N4O2/c1-7-33(8-2,23-27-17-13-11-15-25(27)5)21-19-31-29(35)30(36)32-20-22-34(9-3,10-4)24-28-18-14-12-16-26(28)6/h11-18H,7-10,19-24H2,1-6H3/p+2. The van der Waals surface area contributed by atoms with Gasteiger partial charge in [-0.3, -0.25) is 9.59 Å². The Balaban J connectivity index is 1.86. The first kappa shape index (κ1) is 29.5. The summed E-state index contributed by atoms with van der Waals surface area (Å²) in [6.07, 6.45) is 0. The molecule has 0 atom stereocenters. The molecule has 6 nitrogen and oxygen atoms in total. The lowest BCUT2D eigenvalue weighted by Crippen LogP contribution is -2.53. The van der Waals surface area contributed by atoms with Crippen LogP contribution in [0.2, 0.25) is 0 Å². The third-order valence-corrected chi connectivity index (χ3v) is 8.17. The molecule has 0 aliphatic heterocycles. The van der Waals surface area contributed by atoms with Crippen LogP contribution in [0.5, 0.6) is 0 Å². The fourth-order valence-electron chi connectivity index (χ4n) is 4.96. The number of rotatable bonds is 14. The SMILES string of the molecule is CC[N+](CC)(CCNC(=O)C(=O)NCC[N+](CC)(CC)Cc1ccccc1C)Cc1ccccc1C. The number of amides is 2. The molecule has 2 N–H and O–H groups in total. The molecule has 6 heteroatoms. The van der Waals surface area contributed by atoms with Gasteiger partial charge in [-0.25, -0.2) is 0 Å². The van der Waals surface area contributed by atoms with Gasteiger partial charge < -0.3 is 19.6 Å².